The molecule has 4 fully saturated rings. The van der Waals surface area contributed by atoms with Crippen molar-refractivity contribution in [3.05, 3.63) is 45.6 Å². The molecule has 2 heterocycles. The SMILES string of the molecule is CC[C@@H]1C[C@H]2[C@@H]3CCC4=C(CCC5(C4)OCCO5)C3=CC[C@]2(C)C1=O.CC[C@H]1C[C@H]2[C@@H]3CCC4=C(CCC5(C4)OCCO5)C3=CC[C@]2(C)C1=O. The second-order valence-corrected chi connectivity index (χ2v) is 18.2. The third-order valence-corrected chi connectivity index (χ3v) is 16.0. The van der Waals surface area contributed by atoms with E-state index in [4.69, 9.17) is 18.9 Å². The Morgan fingerprint density at radius 2 is 1.02 bits per heavy atom. The maximum Gasteiger partial charge on any atom is 0.172 e. The number of hydrogen-bond acceptors (Lipinski definition) is 6. The van der Waals surface area contributed by atoms with Gasteiger partial charge in [0.25, 0.3) is 0 Å². The summed E-state index contributed by atoms with van der Waals surface area (Å²) in [5.41, 5.74) is 9.38. The average molecular weight is 685 g/mol. The van der Waals surface area contributed by atoms with Gasteiger partial charge in [-0.1, -0.05) is 51.0 Å². The first-order chi connectivity index (χ1) is 24.1. The van der Waals surface area contributed by atoms with Crippen molar-refractivity contribution in [3.63, 3.8) is 0 Å². The molecule has 2 spiro atoms. The predicted octanol–water partition coefficient (Wildman–Crippen LogP) is 9.14. The van der Waals surface area contributed by atoms with Crippen molar-refractivity contribution in [2.45, 2.75) is 142 Å². The van der Waals surface area contributed by atoms with Gasteiger partial charge in [-0.15, -0.1) is 0 Å². The number of ether oxygens (including phenoxy) is 4. The van der Waals surface area contributed by atoms with Crippen LogP contribution in [0.4, 0.5) is 0 Å². The van der Waals surface area contributed by atoms with E-state index >= 15 is 0 Å². The van der Waals surface area contributed by atoms with E-state index in [0.29, 0.717) is 47.1 Å². The fourth-order valence-corrected chi connectivity index (χ4v) is 13.2. The zero-order valence-corrected chi connectivity index (χ0v) is 31.2. The molecule has 0 radical (unpaired) electrons. The smallest absolute Gasteiger partial charge is 0.172 e. The highest BCUT2D eigenvalue weighted by Gasteiger charge is 2.58. The molecule has 0 unspecified atom stereocenters. The monoisotopic (exact) mass is 684 g/mol. The zero-order valence-electron chi connectivity index (χ0n) is 31.2. The molecule has 8 atom stereocenters. The summed E-state index contributed by atoms with van der Waals surface area (Å²) >= 11 is 0. The molecule has 2 saturated heterocycles. The van der Waals surface area contributed by atoms with Crippen LogP contribution in [0, 0.1) is 46.3 Å². The van der Waals surface area contributed by atoms with Crippen LogP contribution in [0.3, 0.4) is 0 Å². The Bertz CT molecular complexity index is 1450. The lowest BCUT2D eigenvalue weighted by atomic mass is 9.58. The van der Waals surface area contributed by atoms with Crippen LogP contribution in [-0.2, 0) is 28.5 Å². The second-order valence-electron chi connectivity index (χ2n) is 18.2. The maximum absolute atomic E-state index is 12.9. The van der Waals surface area contributed by atoms with Gasteiger partial charge in [-0.05, 0) is 123 Å². The number of fused-ring (bicyclic) bond motifs is 8. The van der Waals surface area contributed by atoms with E-state index in [0.717, 1.165) is 103 Å². The van der Waals surface area contributed by atoms with Gasteiger partial charge in [0.05, 0.1) is 26.4 Å². The molecule has 2 aliphatic heterocycles. The van der Waals surface area contributed by atoms with Crippen molar-refractivity contribution in [1.29, 1.82) is 0 Å². The number of carbonyl (C=O) groups is 2. The number of rotatable bonds is 2. The Hall–Kier alpha value is -1.86. The lowest BCUT2D eigenvalue weighted by molar-refractivity contribution is -0.164. The van der Waals surface area contributed by atoms with Crippen LogP contribution >= 0.6 is 0 Å². The fourth-order valence-electron chi connectivity index (χ4n) is 13.2. The van der Waals surface area contributed by atoms with Gasteiger partial charge >= 0.3 is 0 Å². The van der Waals surface area contributed by atoms with Crippen molar-refractivity contribution in [2.75, 3.05) is 26.4 Å². The zero-order chi connectivity index (χ0) is 34.5. The second kappa shape index (κ2) is 12.4. The van der Waals surface area contributed by atoms with Gasteiger partial charge in [-0.25, -0.2) is 0 Å². The molecule has 0 amide bonds. The van der Waals surface area contributed by atoms with Crippen LogP contribution in [0.5, 0.6) is 0 Å². The Morgan fingerprint density at radius 3 is 1.40 bits per heavy atom. The molecule has 10 rings (SSSR count). The Kier molecular flexibility index (Phi) is 8.38. The topological polar surface area (TPSA) is 71.1 Å². The molecule has 0 aromatic carbocycles. The van der Waals surface area contributed by atoms with E-state index in [1.165, 1.54) is 25.7 Å². The third-order valence-electron chi connectivity index (χ3n) is 16.0. The Labute approximate surface area is 299 Å². The Morgan fingerprint density at radius 1 is 0.620 bits per heavy atom. The molecule has 0 N–H and O–H groups in total. The van der Waals surface area contributed by atoms with E-state index in [2.05, 4.69) is 39.8 Å². The number of hydrogen-bond donors (Lipinski definition) is 0. The molecular formula is C44H60O6. The first kappa shape index (κ1) is 33.9. The molecule has 272 valence electrons. The summed E-state index contributed by atoms with van der Waals surface area (Å²) < 4.78 is 23.9. The standard InChI is InChI=1S/2C22H30O3/c2*1-3-14-12-19-18-5-4-15-13-22(24-10-11-25-22)9-7-16(15)17(18)6-8-21(19,2)20(14)23/h2*6,14,18-19H,3-5,7-13H2,1-2H3/t14-,18+,19-,21-;14-,18-,19+,21+/m01/s1. The van der Waals surface area contributed by atoms with Crippen molar-refractivity contribution in [3.8, 4) is 0 Å². The van der Waals surface area contributed by atoms with Gasteiger partial charge < -0.3 is 18.9 Å². The van der Waals surface area contributed by atoms with Crippen LogP contribution in [-0.4, -0.2) is 49.6 Å². The van der Waals surface area contributed by atoms with Crippen LogP contribution in [0.1, 0.15) is 130 Å². The molecule has 6 nitrogen and oxygen atoms in total. The van der Waals surface area contributed by atoms with E-state index in [1.54, 1.807) is 33.4 Å². The Balaban J connectivity index is 0.000000135. The molecule has 0 aromatic rings. The minimum atomic E-state index is -0.313. The molecule has 0 bridgehead atoms. The molecule has 2 saturated carbocycles. The number of ketones is 2. The summed E-state index contributed by atoms with van der Waals surface area (Å²) in [5, 5.41) is 0. The third kappa shape index (κ3) is 5.07. The van der Waals surface area contributed by atoms with Gasteiger partial charge in [0.1, 0.15) is 11.6 Å². The number of Topliss-reactive ketones (excluding diaryl/α,β-unsaturated/α-hetero) is 2. The highest BCUT2D eigenvalue weighted by molar-refractivity contribution is 5.90. The largest absolute Gasteiger partial charge is 0.347 e. The lowest BCUT2D eigenvalue weighted by Crippen LogP contribution is -2.41. The minimum absolute atomic E-state index is 0.0968. The van der Waals surface area contributed by atoms with Gasteiger partial charge in [0.2, 0.25) is 0 Å². The molecule has 8 aliphatic carbocycles. The summed E-state index contributed by atoms with van der Waals surface area (Å²) in [6.07, 6.45) is 21.9. The summed E-state index contributed by atoms with van der Waals surface area (Å²) in [5.74, 6) is 3.41. The minimum Gasteiger partial charge on any atom is -0.347 e. The van der Waals surface area contributed by atoms with Crippen LogP contribution in [0.15, 0.2) is 45.6 Å². The van der Waals surface area contributed by atoms with Crippen LogP contribution in [0.25, 0.3) is 0 Å². The van der Waals surface area contributed by atoms with E-state index in [1.807, 2.05) is 0 Å². The van der Waals surface area contributed by atoms with Gasteiger partial charge in [0.15, 0.2) is 11.6 Å². The van der Waals surface area contributed by atoms with Gasteiger partial charge in [-0.3, -0.25) is 9.59 Å². The molecule has 50 heavy (non-hydrogen) atoms. The van der Waals surface area contributed by atoms with Crippen molar-refractivity contribution < 1.29 is 28.5 Å². The summed E-state index contributed by atoms with van der Waals surface area (Å²) in [7, 11) is 0. The van der Waals surface area contributed by atoms with Crippen molar-refractivity contribution in [2.24, 2.45) is 46.3 Å². The van der Waals surface area contributed by atoms with Crippen LogP contribution in [0.2, 0.25) is 0 Å². The predicted molar refractivity (Wildman–Crippen MR) is 192 cm³/mol. The number of carbonyl (C=O) groups excluding carboxylic acids is 2. The van der Waals surface area contributed by atoms with Gasteiger partial charge in [0, 0.05) is 48.3 Å². The first-order valence-corrected chi connectivity index (χ1v) is 20.6. The summed E-state index contributed by atoms with van der Waals surface area (Å²) in [6.45, 7) is 11.8. The van der Waals surface area contributed by atoms with E-state index in [-0.39, 0.29) is 22.4 Å². The highest BCUT2D eigenvalue weighted by atomic mass is 16.7. The van der Waals surface area contributed by atoms with Gasteiger partial charge in [-0.2, -0.15) is 0 Å². The fraction of sp³-hybridized carbons (Fsp3) is 0.773. The highest BCUT2D eigenvalue weighted by Crippen LogP contribution is 2.62. The molecular weight excluding hydrogens is 624 g/mol. The molecule has 0 aromatic heterocycles. The van der Waals surface area contributed by atoms with E-state index in [9.17, 15) is 9.59 Å². The van der Waals surface area contributed by atoms with E-state index < -0.39 is 0 Å². The first-order valence-electron chi connectivity index (χ1n) is 20.6. The summed E-state index contributed by atoms with van der Waals surface area (Å²) in [6, 6.07) is 0. The molecule has 10 aliphatic rings. The maximum atomic E-state index is 12.9. The molecule has 6 heteroatoms. The normalized spacial score (nSPS) is 42.2. The number of allylic oxidation sites excluding steroid dienone is 6. The average Bonchev–Trinajstić information content (AvgIpc) is 3.90. The van der Waals surface area contributed by atoms with Crippen molar-refractivity contribution >= 4 is 11.6 Å². The summed E-state index contributed by atoms with van der Waals surface area (Å²) in [4.78, 5) is 25.9. The van der Waals surface area contributed by atoms with Crippen LogP contribution < -0.4 is 0 Å². The lowest BCUT2D eigenvalue weighted by Gasteiger charge is -2.46. The quantitative estimate of drug-likeness (QED) is 0.289. The van der Waals surface area contributed by atoms with Crippen molar-refractivity contribution in [1.82, 2.24) is 0 Å².